The summed E-state index contributed by atoms with van der Waals surface area (Å²) < 4.78 is 0. The first-order valence-corrected chi connectivity index (χ1v) is 12.1. The van der Waals surface area contributed by atoms with Crippen LogP contribution in [-0.2, 0) is 6.42 Å². The number of aromatic hydroxyl groups is 2. The number of hydrogen-bond donors (Lipinski definition) is 8. The lowest BCUT2D eigenvalue weighted by Gasteiger charge is -2.16. The zero-order valence-electron chi connectivity index (χ0n) is 22.3. The molecule has 42 heavy (non-hydrogen) atoms. The monoisotopic (exact) mass is 572 g/mol. The van der Waals surface area contributed by atoms with E-state index in [-0.39, 0.29) is 29.5 Å². The molecule has 0 saturated carbocycles. The van der Waals surface area contributed by atoms with Gasteiger partial charge in [-0.05, 0) is 40.6 Å². The second-order valence-corrected chi connectivity index (χ2v) is 8.77. The van der Waals surface area contributed by atoms with E-state index in [1.54, 1.807) is 55.5 Å². The number of phenols is 2. The molecule has 14 heteroatoms. The van der Waals surface area contributed by atoms with E-state index in [0.29, 0.717) is 38.4 Å². The number of nitrogens with two attached hydrogens (primary N) is 4. The minimum Gasteiger partial charge on any atom is -0.507 e. The van der Waals surface area contributed by atoms with Crippen LogP contribution in [-0.4, -0.2) is 56.2 Å². The molecule has 0 spiro atoms. The summed E-state index contributed by atoms with van der Waals surface area (Å²) in [5.74, 6) is -3.62. The molecule has 0 fully saturated rings. The number of aromatic carboxylic acids is 2. The van der Waals surface area contributed by atoms with Crippen molar-refractivity contribution in [2.75, 3.05) is 0 Å². The number of carboxylic acid groups (broad SMARTS) is 2. The Morgan fingerprint density at radius 1 is 0.714 bits per heavy atom. The normalized spacial score (nSPS) is 11.1. The highest BCUT2D eigenvalue weighted by Gasteiger charge is 2.22. The molecular weight excluding hydrogens is 544 g/mol. The molecule has 0 heterocycles. The first-order chi connectivity index (χ1) is 19.9. The summed E-state index contributed by atoms with van der Waals surface area (Å²) in [6, 6.07) is 16.8. The van der Waals surface area contributed by atoms with Crippen molar-refractivity contribution >= 4 is 57.3 Å². The van der Waals surface area contributed by atoms with E-state index in [0.717, 1.165) is 0 Å². The lowest BCUT2D eigenvalue weighted by molar-refractivity contribution is 0.0682. The number of rotatable bonds is 7. The highest BCUT2D eigenvalue weighted by Crippen LogP contribution is 2.38. The SMILES string of the molecule is C/C(C=NN=C(N)N)=N/N=C(N)N.O=C(O)c1cc2ccccc2c(Cc2c(O)c(C(=O)O)cc3ccccc23)c1O. The molecule has 0 aromatic heterocycles. The zero-order chi connectivity index (χ0) is 31.0. The summed E-state index contributed by atoms with van der Waals surface area (Å²) >= 11 is 0. The van der Waals surface area contributed by atoms with E-state index >= 15 is 0 Å². The number of nitrogens with zero attached hydrogens (tertiary/aromatic N) is 4. The predicted octanol–water partition coefficient (Wildman–Crippen LogP) is 2.29. The number of guanidine groups is 2. The largest absolute Gasteiger partial charge is 0.507 e. The second kappa shape index (κ2) is 13.3. The fourth-order valence-corrected chi connectivity index (χ4v) is 4.03. The molecule has 0 amide bonds. The van der Waals surface area contributed by atoms with Gasteiger partial charge in [-0.3, -0.25) is 0 Å². The van der Waals surface area contributed by atoms with E-state index in [4.69, 9.17) is 22.9 Å². The number of fused-ring (bicyclic) bond motifs is 2. The van der Waals surface area contributed by atoms with Crippen LogP contribution in [0.3, 0.4) is 0 Å². The summed E-state index contributed by atoms with van der Waals surface area (Å²) in [7, 11) is 0. The Kier molecular flexibility index (Phi) is 9.58. The quantitative estimate of drug-likeness (QED) is 0.0908. The summed E-state index contributed by atoms with van der Waals surface area (Å²) in [5, 5.41) is 56.6. The third-order valence-corrected chi connectivity index (χ3v) is 5.81. The Balaban J connectivity index is 0.000000316. The van der Waals surface area contributed by atoms with Crippen LogP contribution >= 0.6 is 0 Å². The van der Waals surface area contributed by atoms with Crippen LogP contribution in [0.4, 0.5) is 0 Å². The highest BCUT2D eigenvalue weighted by molar-refractivity contribution is 6.29. The summed E-state index contributed by atoms with van der Waals surface area (Å²) in [5.41, 5.74) is 20.6. The maximum Gasteiger partial charge on any atom is 0.339 e. The molecule has 4 aromatic carbocycles. The van der Waals surface area contributed by atoms with Gasteiger partial charge in [0.25, 0.3) is 0 Å². The van der Waals surface area contributed by atoms with E-state index in [1.807, 2.05) is 0 Å². The van der Waals surface area contributed by atoms with Crippen LogP contribution < -0.4 is 22.9 Å². The average molecular weight is 573 g/mol. The average Bonchev–Trinajstić information content (AvgIpc) is 2.94. The number of benzene rings is 4. The van der Waals surface area contributed by atoms with Gasteiger partial charge >= 0.3 is 11.9 Å². The smallest absolute Gasteiger partial charge is 0.339 e. The molecule has 0 saturated heterocycles. The Hall–Kier alpha value is -6.18. The molecule has 4 aromatic rings. The fourth-order valence-electron chi connectivity index (χ4n) is 4.03. The van der Waals surface area contributed by atoms with Crippen molar-refractivity contribution in [3.63, 3.8) is 0 Å². The van der Waals surface area contributed by atoms with Crippen molar-refractivity contribution in [3.8, 4) is 11.5 Å². The number of hydrogen-bond acceptors (Lipinski definition) is 8. The molecule has 216 valence electrons. The van der Waals surface area contributed by atoms with Crippen LogP contribution in [0.2, 0.25) is 0 Å². The Labute approximate surface area is 238 Å². The molecule has 0 aliphatic carbocycles. The van der Waals surface area contributed by atoms with Crippen molar-refractivity contribution in [1.82, 2.24) is 0 Å². The third-order valence-electron chi connectivity index (χ3n) is 5.81. The van der Waals surface area contributed by atoms with Gasteiger partial charge in [-0.15, -0.1) is 10.2 Å². The minimum atomic E-state index is -1.28. The van der Waals surface area contributed by atoms with Gasteiger partial charge in [-0.2, -0.15) is 10.2 Å². The molecule has 0 aliphatic rings. The maximum absolute atomic E-state index is 11.6. The van der Waals surface area contributed by atoms with Crippen molar-refractivity contribution < 1.29 is 30.0 Å². The van der Waals surface area contributed by atoms with Crippen LogP contribution in [0.1, 0.15) is 38.8 Å². The fraction of sp³-hybridized carbons (Fsp3) is 0.0714. The lowest BCUT2D eigenvalue weighted by atomic mass is 9.90. The Bertz CT molecular complexity index is 1690. The van der Waals surface area contributed by atoms with Gasteiger partial charge in [-0.1, -0.05) is 48.5 Å². The number of carboxylic acids is 2. The standard InChI is InChI=1S/C23H16O6.C5H12N8/c24-20-16(14-7-3-1-5-12(14)9-18(20)22(26)27)11-17-15-8-4-2-6-13(15)10-19(21(17)25)23(28)29;1-3(11-13-5(8)9)2-10-12-4(6)7/h1-10,24-25H,11H2,(H,26,27)(H,28,29);2H,1H3,(H4,6,7,12)(H4,8,9,13)/b;10-2?,11-3-. The molecule has 4 rings (SSSR count). The van der Waals surface area contributed by atoms with E-state index < -0.39 is 23.4 Å². The summed E-state index contributed by atoms with van der Waals surface area (Å²) in [6.45, 7) is 1.64. The van der Waals surface area contributed by atoms with Crippen LogP contribution in [0.15, 0.2) is 81.1 Å². The summed E-state index contributed by atoms with van der Waals surface area (Å²) in [4.78, 5) is 23.2. The Morgan fingerprint density at radius 3 is 1.55 bits per heavy atom. The molecular formula is C28H28N8O6. The third kappa shape index (κ3) is 7.26. The van der Waals surface area contributed by atoms with Gasteiger partial charge in [0.1, 0.15) is 22.6 Å². The van der Waals surface area contributed by atoms with Crippen molar-refractivity contribution in [2.24, 2.45) is 43.3 Å². The molecule has 0 bridgehead atoms. The van der Waals surface area contributed by atoms with E-state index in [9.17, 15) is 30.0 Å². The van der Waals surface area contributed by atoms with Crippen molar-refractivity contribution in [2.45, 2.75) is 13.3 Å². The highest BCUT2D eigenvalue weighted by atomic mass is 16.4. The molecule has 0 unspecified atom stereocenters. The van der Waals surface area contributed by atoms with E-state index in [1.165, 1.54) is 18.3 Å². The second-order valence-electron chi connectivity index (χ2n) is 8.77. The van der Waals surface area contributed by atoms with Crippen LogP contribution in [0, 0.1) is 0 Å². The first-order valence-electron chi connectivity index (χ1n) is 12.1. The minimum absolute atomic E-state index is 0.0407. The van der Waals surface area contributed by atoms with E-state index in [2.05, 4.69) is 20.4 Å². The van der Waals surface area contributed by atoms with Crippen molar-refractivity contribution in [1.29, 1.82) is 0 Å². The maximum atomic E-state index is 11.6. The van der Waals surface area contributed by atoms with Crippen LogP contribution in [0.25, 0.3) is 21.5 Å². The van der Waals surface area contributed by atoms with Gasteiger partial charge in [0.2, 0.25) is 11.9 Å². The van der Waals surface area contributed by atoms with Gasteiger partial charge in [0, 0.05) is 17.5 Å². The van der Waals surface area contributed by atoms with Crippen LogP contribution in [0.5, 0.6) is 11.5 Å². The summed E-state index contributed by atoms with van der Waals surface area (Å²) in [6.07, 6.45) is 1.27. The molecule has 0 atom stereocenters. The van der Waals surface area contributed by atoms with Gasteiger partial charge < -0.3 is 43.4 Å². The topological polar surface area (TPSA) is 269 Å². The van der Waals surface area contributed by atoms with Gasteiger partial charge in [0.15, 0.2) is 0 Å². The molecule has 14 nitrogen and oxygen atoms in total. The number of carbonyl (C=O) groups is 2. The molecule has 0 radical (unpaired) electrons. The first kappa shape index (κ1) is 30.4. The lowest BCUT2D eigenvalue weighted by Crippen LogP contribution is -2.22. The molecule has 0 aliphatic heterocycles. The van der Waals surface area contributed by atoms with Gasteiger partial charge in [-0.25, -0.2) is 9.59 Å². The predicted molar refractivity (Wildman–Crippen MR) is 161 cm³/mol. The molecule has 12 N–H and O–H groups in total. The van der Waals surface area contributed by atoms with Crippen molar-refractivity contribution in [3.05, 3.63) is 82.9 Å². The zero-order valence-corrected chi connectivity index (χ0v) is 22.3. The Morgan fingerprint density at radius 2 is 1.14 bits per heavy atom. The van der Waals surface area contributed by atoms with Gasteiger partial charge in [0.05, 0.1) is 11.9 Å².